The fourth-order valence-electron chi connectivity index (χ4n) is 3.34. The van der Waals surface area contributed by atoms with E-state index in [-0.39, 0.29) is 17.0 Å². The van der Waals surface area contributed by atoms with Gasteiger partial charge in [-0.1, -0.05) is 11.6 Å². The molecule has 0 radical (unpaired) electrons. The molecule has 0 aliphatic carbocycles. The summed E-state index contributed by atoms with van der Waals surface area (Å²) in [5.74, 6) is -0.369. The number of pyridine rings is 2. The highest BCUT2D eigenvalue weighted by molar-refractivity contribution is 6.35. The lowest BCUT2D eigenvalue weighted by molar-refractivity contribution is 0.0740. The molecule has 1 atom stereocenters. The van der Waals surface area contributed by atoms with E-state index in [4.69, 9.17) is 17.3 Å². The van der Waals surface area contributed by atoms with E-state index in [1.165, 1.54) is 11.0 Å². The molecular weight excluding hydrogens is 395 g/mol. The maximum atomic E-state index is 13.2. The average Bonchev–Trinajstić information content (AvgIpc) is 3.09. The Bertz CT molecular complexity index is 1250. The van der Waals surface area contributed by atoms with Crippen LogP contribution < -0.4 is 5.73 Å². The summed E-state index contributed by atoms with van der Waals surface area (Å²) in [7, 11) is 3.45. The van der Waals surface area contributed by atoms with Gasteiger partial charge in [0.2, 0.25) is 0 Å². The summed E-state index contributed by atoms with van der Waals surface area (Å²) in [5, 5.41) is 5.94. The van der Waals surface area contributed by atoms with Gasteiger partial charge in [-0.2, -0.15) is 5.10 Å². The van der Waals surface area contributed by atoms with Crippen molar-refractivity contribution >= 4 is 45.1 Å². The molecule has 3 aromatic heterocycles. The van der Waals surface area contributed by atoms with E-state index in [1.807, 2.05) is 6.92 Å². The van der Waals surface area contributed by atoms with Gasteiger partial charge < -0.3 is 10.6 Å². The van der Waals surface area contributed by atoms with Crippen molar-refractivity contribution in [2.75, 3.05) is 12.8 Å². The van der Waals surface area contributed by atoms with Crippen LogP contribution in [-0.2, 0) is 7.05 Å². The lowest BCUT2D eigenvalue weighted by Gasteiger charge is -2.25. The molecule has 7 nitrogen and oxygen atoms in total. The first-order valence-corrected chi connectivity index (χ1v) is 9.24. The molecule has 148 valence electrons. The second-order valence-electron chi connectivity index (χ2n) is 6.87. The third-order valence-corrected chi connectivity index (χ3v) is 5.42. The van der Waals surface area contributed by atoms with Gasteiger partial charge in [-0.15, -0.1) is 0 Å². The number of rotatable bonds is 3. The quantitative estimate of drug-likeness (QED) is 0.553. The zero-order chi connectivity index (χ0) is 20.9. The number of carbonyl (C=O) groups is 1. The summed E-state index contributed by atoms with van der Waals surface area (Å²) >= 11 is 6.41. The van der Waals surface area contributed by atoms with Gasteiger partial charge >= 0.3 is 0 Å². The number of hydrogen-bond acceptors (Lipinski definition) is 5. The predicted octanol–water partition coefficient (Wildman–Crippen LogP) is 3.72. The Kier molecular flexibility index (Phi) is 4.58. The molecule has 0 spiro atoms. The molecule has 9 heteroatoms. The second-order valence-corrected chi connectivity index (χ2v) is 7.28. The normalized spacial score (nSPS) is 12.4. The van der Waals surface area contributed by atoms with Crippen LogP contribution >= 0.6 is 11.6 Å². The molecule has 1 unspecified atom stereocenters. The zero-order valence-corrected chi connectivity index (χ0v) is 16.8. The number of carbonyl (C=O) groups excluding carboxylic acids is 1. The van der Waals surface area contributed by atoms with Crippen LogP contribution in [0.5, 0.6) is 0 Å². The van der Waals surface area contributed by atoms with Crippen LogP contribution in [0.2, 0.25) is 5.02 Å². The van der Waals surface area contributed by atoms with Gasteiger partial charge in [0.1, 0.15) is 11.6 Å². The summed E-state index contributed by atoms with van der Waals surface area (Å²) in [5.41, 5.74) is 8.28. The number of fused-ring (bicyclic) bond motifs is 3. The lowest BCUT2D eigenvalue weighted by atomic mass is 10.1. The van der Waals surface area contributed by atoms with Crippen molar-refractivity contribution in [3.8, 4) is 0 Å². The smallest absolute Gasteiger partial charge is 0.255 e. The van der Waals surface area contributed by atoms with Gasteiger partial charge in [-0.05, 0) is 31.2 Å². The summed E-state index contributed by atoms with van der Waals surface area (Å²) in [6.45, 7) is 1.81. The molecule has 29 heavy (non-hydrogen) atoms. The number of aromatic nitrogens is 4. The van der Waals surface area contributed by atoms with E-state index in [1.54, 1.807) is 43.2 Å². The SMILES string of the molecule is CC(c1ccc(F)cn1)N(C)C(=O)c1cc2c(cc1Cl)nc(N)c1cnn(C)c12. The minimum absolute atomic E-state index is 0.266. The zero-order valence-electron chi connectivity index (χ0n) is 16.0. The summed E-state index contributed by atoms with van der Waals surface area (Å²) in [6.07, 6.45) is 2.77. The summed E-state index contributed by atoms with van der Waals surface area (Å²) in [4.78, 5) is 23.2. The van der Waals surface area contributed by atoms with Crippen molar-refractivity contribution < 1.29 is 9.18 Å². The first kappa shape index (κ1) is 19.1. The number of aryl methyl sites for hydroxylation is 1. The first-order valence-electron chi connectivity index (χ1n) is 8.87. The summed E-state index contributed by atoms with van der Waals surface area (Å²) < 4.78 is 14.8. The van der Waals surface area contributed by atoms with Crippen molar-refractivity contribution in [1.29, 1.82) is 0 Å². The fraction of sp³-hybridized carbons (Fsp3) is 0.200. The maximum Gasteiger partial charge on any atom is 0.255 e. The minimum atomic E-state index is -0.431. The Hall–Kier alpha value is -3.26. The topological polar surface area (TPSA) is 89.9 Å². The molecule has 1 amide bonds. The highest BCUT2D eigenvalue weighted by Crippen LogP contribution is 2.32. The van der Waals surface area contributed by atoms with Gasteiger partial charge in [0.05, 0.1) is 51.1 Å². The van der Waals surface area contributed by atoms with Gasteiger partial charge in [0, 0.05) is 19.5 Å². The van der Waals surface area contributed by atoms with Crippen LogP contribution in [0.25, 0.3) is 21.8 Å². The van der Waals surface area contributed by atoms with Crippen molar-refractivity contribution in [3.63, 3.8) is 0 Å². The number of amides is 1. The second kappa shape index (κ2) is 6.97. The molecular formula is C20H18ClFN6O. The van der Waals surface area contributed by atoms with Crippen molar-refractivity contribution in [3.05, 3.63) is 58.8 Å². The predicted molar refractivity (Wildman–Crippen MR) is 110 cm³/mol. The van der Waals surface area contributed by atoms with Crippen LogP contribution in [0.15, 0.2) is 36.7 Å². The van der Waals surface area contributed by atoms with Crippen molar-refractivity contribution in [2.24, 2.45) is 7.05 Å². The standard InChI is InChI=1S/C20H18ClFN6O/c1-10(16-5-4-11(22)8-24-16)27(2)20(29)12-6-13-17(7-15(12)21)26-19(23)14-9-25-28(3)18(13)14/h4-10H,1-3H3,(H2,23,26). The number of benzene rings is 1. The van der Waals surface area contributed by atoms with Gasteiger partial charge in [0.25, 0.3) is 5.91 Å². The number of halogens is 2. The lowest BCUT2D eigenvalue weighted by Crippen LogP contribution is -2.30. The molecule has 0 aliphatic heterocycles. The Balaban J connectivity index is 1.80. The first-order chi connectivity index (χ1) is 13.8. The monoisotopic (exact) mass is 412 g/mol. The van der Waals surface area contributed by atoms with E-state index in [9.17, 15) is 9.18 Å². The number of nitrogen functional groups attached to an aromatic ring is 1. The molecule has 3 heterocycles. The van der Waals surface area contributed by atoms with Crippen molar-refractivity contribution in [1.82, 2.24) is 24.6 Å². The number of hydrogen-bond donors (Lipinski definition) is 1. The molecule has 0 saturated carbocycles. The molecule has 0 aliphatic rings. The molecule has 0 fully saturated rings. The summed E-state index contributed by atoms with van der Waals surface area (Å²) in [6, 6.07) is 5.82. The van der Waals surface area contributed by atoms with E-state index in [0.717, 1.165) is 17.1 Å². The van der Waals surface area contributed by atoms with Crippen LogP contribution in [-0.4, -0.2) is 37.6 Å². The molecule has 4 rings (SSSR count). The molecule has 4 aromatic rings. The highest BCUT2D eigenvalue weighted by atomic mass is 35.5. The molecule has 1 aromatic carbocycles. The van der Waals surface area contributed by atoms with Crippen LogP contribution in [0.3, 0.4) is 0 Å². The van der Waals surface area contributed by atoms with Crippen LogP contribution in [0.4, 0.5) is 10.2 Å². The van der Waals surface area contributed by atoms with Gasteiger partial charge in [0.15, 0.2) is 0 Å². The third kappa shape index (κ3) is 3.15. The molecule has 0 bridgehead atoms. The largest absolute Gasteiger partial charge is 0.383 e. The Morgan fingerprint density at radius 1 is 1.28 bits per heavy atom. The average molecular weight is 413 g/mol. The minimum Gasteiger partial charge on any atom is -0.383 e. The highest BCUT2D eigenvalue weighted by Gasteiger charge is 2.23. The number of anilines is 1. The van der Waals surface area contributed by atoms with E-state index < -0.39 is 5.82 Å². The van der Waals surface area contributed by atoms with E-state index in [2.05, 4.69) is 15.1 Å². The van der Waals surface area contributed by atoms with Gasteiger partial charge in [-0.25, -0.2) is 9.37 Å². The van der Waals surface area contributed by atoms with Crippen LogP contribution in [0.1, 0.15) is 29.0 Å². The van der Waals surface area contributed by atoms with Crippen LogP contribution in [0, 0.1) is 5.82 Å². The Morgan fingerprint density at radius 3 is 2.72 bits per heavy atom. The number of nitrogens with two attached hydrogens (primary N) is 1. The Morgan fingerprint density at radius 2 is 2.03 bits per heavy atom. The maximum absolute atomic E-state index is 13.2. The van der Waals surface area contributed by atoms with E-state index >= 15 is 0 Å². The molecule has 2 N–H and O–H groups in total. The fourth-order valence-corrected chi connectivity index (χ4v) is 3.58. The van der Waals surface area contributed by atoms with Gasteiger partial charge in [-0.3, -0.25) is 14.5 Å². The third-order valence-electron chi connectivity index (χ3n) is 5.11. The van der Waals surface area contributed by atoms with E-state index in [0.29, 0.717) is 28.0 Å². The number of nitrogens with zero attached hydrogens (tertiary/aromatic N) is 5. The van der Waals surface area contributed by atoms with Crippen molar-refractivity contribution in [2.45, 2.75) is 13.0 Å². The Labute approximate surface area is 170 Å². The molecule has 0 saturated heterocycles.